The van der Waals surface area contributed by atoms with E-state index >= 15 is 0 Å². The monoisotopic (exact) mass is 378 g/mol. The van der Waals surface area contributed by atoms with E-state index in [-0.39, 0.29) is 24.5 Å². The van der Waals surface area contributed by atoms with E-state index in [0.717, 1.165) is 11.5 Å². The Morgan fingerprint density at radius 1 is 0.963 bits per heavy atom. The molecule has 2 aliphatic carbocycles. The van der Waals surface area contributed by atoms with Crippen LogP contribution in [-0.4, -0.2) is 6.11 Å². The number of hydrogen-bond donors (Lipinski definition) is 0. The molecule has 1 unspecified atom stereocenters. The van der Waals surface area contributed by atoms with Gasteiger partial charge in [0, 0.05) is 6.42 Å². The van der Waals surface area contributed by atoms with Gasteiger partial charge < -0.3 is 4.74 Å². The van der Waals surface area contributed by atoms with E-state index < -0.39 is 17.5 Å². The van der Waals surface area contributed by atoms with Crippen molar-refractivity contribution in [1.29, 1.82) is 0 Å². The minimum Gasteiger partial charge on any atom is -0.429 e. The van der Waals surface area contributed by atoms with Crippen LogP contribution in [0.5, 0.6) is 5.75 Å². The Labute approximate surface area is 160 Å². The van der Waals surface area contributed by atoms with Crippen LogP contribution >= 0.6 is 0 Å². The number of ether oxygens (including phenoxy) is 1. The van der Waals surface area contributed by atoms with Crippen LogP contribution in [0.25, 0.3) is 0 Å². The van der Waals surface area contributed by atoms with Crippen molar-refractivity contribution in [3.8, 4) is 5.75 Å². The maximum Gasteiger partial charge on any atom is 0.425 e. The molecule has 1 aromatic carbocycles. The third-order valence-electron chi connectivity index (χ3n) is 5.87. The second-order valence-electron chi connectivity index (χ2n) is 8.22. The van der Waals surface area contributed by atoms with E-state index in [2.05, 4.69) is 19.1 Å². The lowest BCUT2D eigenvalue weighted by Gasteiger charge is -2.28. The number of rotatable bonds is 5. The molecule has 0 heterocycles. The van der Waals surface area contributed by atoms with Gasteiger partial charge in [-0.2, -0.15) is 8.78 Å². The summed E-state index contributed by atoms with van der Waals surface area (Å²) in [5.74, 6) is 0.692. The van der Waals surface area contributed by atoms with Crippen molar-refractivity contribution in [1.82, 2.24) is 0 Å². The SMILES string of the molecule is Cc1ccc(OC(F)(F)C2=C(F)CC(/C=C/C3CCC(C)CC3)CC2)cc1. The number of aryl methyl sites for hydroxylation is 1. The van der Waals surface area contributed by atoms with Gasteiger partial charge in [-0.3, -0.25) is 0 Å². The molecule has 27 heavy (non-hydrogen) atoms. The molecule has 1 fully saturated rings. The van der Waals surface area contributed by atoms with Crippen LogP contribution in [0.15, 0.2) is 47.8 Å². The van der Waals surface area contributed by atoms with E-state index in [1.807, 2.05) is 6.92 Å². The molecular weight excluding hydrogens is 349 g/mol. The largest absolute Gasteiger partial charge is 0.429 e. The molecule has 0 saturated heterocycles. The smallest absolute Gasteiger partial charge is 0.425 e. The zero-order valence-electron chi connectivity index (χ0n) is 16.2. The van der Waals surface area contributed by atoms with Gasteiger partial charge in [0.05, 0.1) is 5.57 Å². The molecule has 2 aliphatic rings. The number of alkyl halides is 2. The van der Waals surface area contributed by atoms with Gasteiger partial charge in [0.25, 0.3) is 0 Å². The summed E-state index contributed by atoms with van der Waals surface area (Å²) < 4.78 is 48.2. The molecule has 148 valence electrons. The van der Waals surface area contributed by atoms with E-state index in [4.69, 9.17) is 4.74 Å². The third kappa shape index (κ3) is 5.40. The summed E-state index contributed by atoms with van der Waals surface area (Å²) in [7, 11) is 0. The van der Waals surface area contributed by atoms with Gasteiger partial charge in [-0.15, -0.1) is 0 Å². The van der Waals surface area contributed by atoms with Crippen molar-refractivity contribution in [2.24, 2.45) is 17.8 Å². The van der Waals surface area contributed by atoms with Crippen molar-refractivity contribution < 1.29 is 17.9 Å². The Bertz CT molecular complexity index is 682. The minimum absolute atomic E-state index is 0.00303. The molecule has 0 aromatic heterocycles. The summed E-state index contributed by atoms with van der Waals surface area (Å²) in [5, 5.41) is 0. The second-order valence-corrected chi connectivity index (χ2v) is 8.22. The summed E-state index contributed by atoms with van der Waals surface area (Å²) in [5.41, 5.74) is 0.454. The van der Waals surface area contributed by atoms with Gasteiger partial charge in [0.1, 0.15) is 11.6 Å². The van der Waals surface area contributed by atoms with Crippen LogP contribution in [0.3, 0.4) is 0 Å². The van der Waals surface area contributed by atoms with E-state index in [1.54, 1.807) is 12.1 Å². The molecule has 3 rings (SSSR count). The van der Waals surface area contributed by atoms with Gasteiger partial charge in [-0.25, -0.2) is 4.39 Å². The van der Waals surface area contributed by atoms with Crippen LogP contribution in [0.4, 0.5) is 13.2 Å². The molecule has 1 atom stereocenters. The number of halogens is 3. The summed E-state index contributed by atoms with van der Waals surface area (Å²) >= 11 is 0. The van der Waals surface area contributed by atoms with E-state index in [0.29, 0.717) is 12.3 Å². The van der Waals surface area contributed by atoms with Crippen LogP contribution in [-0.2, 0) is 0 Å². The topological polar surface area (TPSA) is 9.23 Å². The molecule has 0 radical (unpaired) electrons. The highest BCUT2D eigenvalue weighted by molar-refractivity contribution is 5.29. The minimum atomic E-state index is -3.60. The fraction of sp³-hybridized carbons (Fsp3) is 0.565. The average Bonchev–Trinajstić information content (AvgIpc) is 2.63. The first kappa shape index (κ1) is 20.0. The fourth-order valence-corrected chi connectivity index (χ4v) is 4.00. The lowest BCUT2D eigenvalue weighted by Crippen LogP contribution is -2.30. The predicted octanol–water partition coefficient (Wildman–Crippen LogP) is 7.37. The van der Waals surface area contributed by atoms with E-state index in [9.17, 15) is 13.2 Å². The third-order valence-corrected chi connectivity index (χ3v) is 5.87. The molecule has 0 spiro atoms. The highest BCUT2D eigenvalue weighted by Gasteiger charge is 2.41. The van der Waals surface area contributed by atoms with Crippen LogP contribution in [0, 0.1) is 24.7 Å². The number of benzene rings is 1. The lowest BCUT2D eigenvalue weighted by molar-refractivity contribution is -0.147. The van der Waals surface area contributed by atoms with Crippen molar-refractivity contribution in [3.05, 3.63) is 53.4 Å². The second kappa shape index (κ2) is 8.53. The van der Waals surface area contributed by atoms with Crippen LogP contribution < -0.4 is 4.74 Å². The van der Waals surface area contributed by atoms with Gasteiger partial charge in [0.2, 0.25) is 0 Å². The van der Waals surface area contributed by atoms with Gasteiger partial charge in [0.15, 0.2) is 0 Å². The normalized spacial score (nSPS) is 27.2. The first-order chi connectivity index (χ1) is 12.8. The van der Waals surface area contributed by atoms with Gasteiger partial charge >= 0.3 is 6.11 Å². The standard InChI is InChI=1S/C23H29F3O/c1-16-3-7-18(8-4-16)9-10-19-11-14-21(22(24)15-19)23(25,26)27-20-12-5-17(2)6-13-20/h5-6,9-10,12-13,16,18-19H,3-4,7-8,11,14-15H2,1-2H3/b10-9+. The Hall–Kier alpha value is -1.71. The zero-order valence-corrected chi connectivity index (χ0v) is 16.2. The Balaban J connectivity index is 1.60. The predicted molar refractivity (Wildman–Crippen MR) is 102 cm³/mol. The molecular formula is C23H29F3O. The van der Waals surface area contributed by atoms with Crippen molar-refractivity contribution >= 4 is 0 Å². The van der Waals surface area contributed by atoms with Crippen LogP contribution in [0.2, 0.25) is 0 Å². The fourth-order valence-electron chi connectivity index (χ4n) is 4.00. The number of allylic oxidation sites excluding steroid dienone is 3. The molecule has 0 N–H and O–H groups in total. The summed E-state index contributed by atoms with van der Waals surface area (Å²) in [6, 6.07) is 6.37. The average molecular weight is 378 g/mol. The first-order valence-corrected chi connectivity index (χ1v) is 10.0. The van der Waals surface area contributed by atoms with Gasteiger partial charge in [-0.05, 0) is 62.5 Å². The van der Waals surface area contributed by atoms with Crippen LogP contribution in [0.1, 0.15) is 57.4 Å². The molecule has 1 aromatic rings. The maximum absolute atomic E-state index is 14.5. The molecule has 0 bridgehead atoms. The molecule has 1 saturated carbocycles. The lowest BCUT2D eigenvalue weighted by atomic mass is 9.81. The maximum atomic E-state index is 14.5. The molecule has 1 nitrogen and oxygen atoms in total. The van der Waals surface area contributed by atoms with Gasteiger partial charge in [-0.1, -0.05) is 49.6 Å². The summed E-state index contributed by atoms with van der Waals surface area (Å²) in [6.07, 6.45) is 6.08. The highest BCUT2D eigenvalue weighted by atomic mass is 19.3. The van der Waals surface area contributed by atoms with Crippen molar-refractivity contribution in [2.45, 2.75) is 64.9 Å². The highest BCUT2D eigenvalue weighted by Crippen LogP contribution is 2.41. The summed E-state index contributed by atoms with van der Waals surface area (Å²) in [6.45, 7) is 4.15. The van der Waals surface area contributed by atoms with Crippen molar-refractivity contribution in [3.63, 3.8) is 0 Å². The Kier molecular flexibility index (Phi) is 6.33. The molecule has 0 amide bonds. The van der Waals surface area contributed by atoms with Crippen molar-refractivity contribution in [2.75, 3.05) is 0 Å². The zero-order chi connectivity index (χ0) is 19.4. The molecule has 0 aliphatic heterocycles. The Morgan fingerprint density at radius 2 is 1.59 bits per heavy atom. The summed E-state index contributed by atoms with van der Waals surface area (Å²) in [4.78, 5) is 0. The number of hydrogen-bond acceptors (Lipinski definition) is 1. The van der Waals surface area contributed by atoms with E-state index in [1.165, 1.54) is 37.8 Å². The quantitative estimate of drug-likeness (QED) is 0.486. The Morgan fingerprint density at radius 3 is 2.22 bits per heavy atom. The molecule has 4 heteroatoms. The first-order valence-electron chi connectivity index (χ1n) is 10.0.